The molecular formula is C19H20F2N2O2. The average molecular weight is 346 g/mol. The Morgan fingerprint density at radius 2 is 1.76 bits per heavy atom. The minimum atomic E-state index is -0.935. The Labute approximate surface area is 145 Å². The number of rotatable bonds is 6. The maximum absolute atomic E-state index is 13.5. The van der Waals surface area contributed by atoms with Crippen LogP contribution in [0.2, 0.25) is 0 Å². The van der Waals surface area contributed by atoms with Crippen molar-refractivity contribution in [2.75, 3.05) is 6.54 Å². The molecular weight excluding hydrogens is 326 g/mol. The van der Waals surface area contributed by atoms with Gasteiger partial charge in [-0.15, -0.1) is 0 Å². The van der Waals surface area contributed by atoms with Gasteiger partial charge in [-0.05, 0) is 31.5 Å². The molecule has 0 aliphatic carbocycles. The van der Waals surface area contributed by atoms with Crippen molar-refractivity contribution in [2.24, 2.45) is 0 Å². The van der Waals surface area contributed by atoms with Gasteiger partial charge in [0.05, 0.1) is 11.6 Å². The fraction of sp³-hybridized carbons (Fsp3) is 0.263. The number of hydrogen-bond donors (Lipinski definition) is 2. The first-order chi connectivity index (χ1) is 11.9. The van der Waals surface area contributed by atoms with Crippen molar-refractivity contribution in [1.29, 1.82) is 0 Å². The Morgan fingerprint density at radius 1 is 1.08 bits per heavy atom. The Balaban J connectivity index is 1.80. The monoisotopic (exact) mass is 346 g/mol. The summed E-state index contributed by atoms with van der Waals surface area (Å²) in [5, 5.41) is 5.28. The smallest absolute Gasteiger partial charge is 0.254 e. The molecule has 2 amide bonds. The van der Waals surface area contributed by atoms with Crippen LogP contribution in [0.4, 0.5) is 8.78 Å². The van der Waals surface area contributed by atoms with Crippen molar-refractivity contribution in [3.05, 3.63) is 70.8 Å². The van der Waals surface area contributed by atoms with E-state index < -0.39 is 17.5 Å². The number of halogens is 2. The van der Waals surface area contributed by atoms with Gasteiger partial charge in [0.15, 0.2) is 0 Å². The molecule has 25 heavy (non-hydrogen) atoms. The van der Waals surface area contributed by atoms with Gasteiger partial charge in [0.2, 0.25) is 5.91 Å². The molecule has 0 spiro atoms. The molecule has 6 heteroatoms. The van der Waals surface area contributed by atoms with E-state index in [1.807, 2.05) is 38.1 Å². The van der Waals surface area contributed by atoms with Crippen LogP contribution < -0.4 is 10.6 Å². The molecule has 0 aliphatic heterocycles. The van der Waals surface area contributed by atoms with E-state index in [0.717, 1.165) is 23.3 Å². The van der Waals surface area contributed by atoms with E-state index in [1.54, 1.807) is 0 Å². The van der Waals surface area contributed by atoms with Crippen molar-refractivity contribution in [3.8, 4) is 0 Å². The lowest BCUT2D eigenvalue weighted by atomic mass is 10.1. The van der Waals surface area contributed by atoms with E-state index >= 15 is 0 Å². The van der Waals surface area contributed by atoms with E-state index in [4.69, 9.17) is 0 Å². The van der Waals surface area contributed by atoms with E-state index in [9.17, 15) is 18.4 Å². The zero-order valence-electron chi connectivity index (χ0n) is 14.1. The van der Waals surface area contributed by atoms with Gasteiger partial charge in [-0.3, -0.25) is 9.59 Å². The largest absolute Gasteiger partial charge is 0.351 e. The van der Waals surface area contributed by atoms with Crippen molar-refractivity contribution in [1.82, 2.24) is 10.6 Å². The summed E-state index contributed by atoms with van der Waals surface area (Å²) < 4.78 is 26.3. The zero-order chi connectivity index (χ0) is 18.4. The summed E-state index contributed by atoms with van der Waals surface area (Å²) >= 11 is 0. The highest BCUT2D eigenvalue weighted by Gasteiger charge is 2.13. The van der Waals surface area contributed by atoms with E-state index in [1.165, 1.54) is 0 Å². The molecule has 0 saturated carbocycles. The molecule has 0 fully saturated rings. The molecule has 2 rings (SSSR count). The van der Waals surface area contributed by atoms with Crippen molar-refractivity contribution in [3.63, 3.8) is 0 Å². The highest BCUT2D eigenvalue weighted by atomic mass is 19.1. The Morgan fingerprint density at radius 3 is 2.40 bits per heavy atom. The normalized spacial score (nSPS) is 11.7. The predicted octanol–water partition coefficient (Wildman–Crippen LogP) is 3.27. The summed E-state index contributed by atoms with van der Waals surface area (Å²) in [6.45, 7) is 3.91. The lowest BCUT2D eigenvalue weighted by Gasteiger charge is -2.15. The molecule has 1 atom stereocenters. The molecule has 1 unspecified atom stereocenters. The van der Waals surface area contributed by atoms with Crippen LogP contribution in [-0.4, -0.2) is 18.4 Å². The maximum atomic E-state index is 13.5. The number of amides is 2. The third-order valence-corrected chi connectivity index (χ3v) is 3.77. The Kier molecular flexibility index (Phi) is 6.22. The minimum absolute atomic E-state index is 0.0576. The maximum Gasteiger partial charge on any atom is 0.254 e. The highest BCUT2D eigenvalue weighted by Crippen LogP contribution is 2.13. The summed E-state index contributed by atoms with van der Waals surface area (Å²) in [6, 6.07) is 10.4. The van der Waals surface area contributed by atoms with E-state index in [-0.39, 0.29) is 30.5 Å². The van der Waals surface area contributed by atoms with Crippen LogP contribution in [0.3, 0.4) is 0 Å². The van der Waals surface area contributed by atoms with Crippen LogP contribution in [0.15, 0.2) is 42.5 Å². The first-order valence-corrected chi connectivity index (χ1v) is 7.96. The summed E-state index contributed by atoms with van der Waals surface area (Å²) in [5.74, 6) is -2.60. The Hall–Kier alpha value is -2.76. The second kappa shape index (κ2) is 8.37. The van der Waals surface area contributed by atoms with Gasteiger partial charge in [0.25, 0.3) is 5.91 Å². The molecule has 0 bridgehead atoms. The first-order valence-electron chi connectivity index (χ1n) is 7.96. The average Bonchev–Trinajstić information content (AvgIpc) is 2.55. The van der Waals surface area contributed by atoms with Gasteiger partial charge in [0.1, 0.15) is 11.6 Å². The molecule has 0 heterocycles. The van der Waals surface area contributed by atoms with E-state index in [2.05, 4.69) is 10.6 Å². The molecule has 132 valence electrons. The van der Waals surface area contributed by atoms with Crippen LogP contribution in [0.1, 0.15) is 40.9 Å². The lowest BCUT2D eigenvalue weighted by Crippen LogP contribution is -2.32. The molecule has 2 aromatic rings. The molecule has 2 aromatic carbocycles. The summed E-state index contributed by atoms with van der Waals surface area (Å²) in [5.41, 5.74) is 1.87. The topological polar surface area (TPSA) is 58.2 Å². The van der Waals surface area contributed by atoms with Crippen LogP contribution in [0.5, 0.6) is 0 Å². The third-order valence-electron chi connectivity index (χ3n) is 3.77. The minimum Gasteiger partial charge on any atom is -0.351 e. The van der Waals surface area contributed by atoms with Gasteiger partial charge in [-0.1, -0.05) is 29.8 Å². The number of carbonyl (C=O) groups excluding carboxylic acids is 2. The molecule has 4 nitrogen and oxygen atoms in total. The Bertz CT molecular complexity index is 761. The fourth-order valence-electron chi connectivity index (χ4n) is 2.31. The van der Waals surface area contributed by atoms with Gasteiger partial charge in [-0.2, -0.15) is 0 Å². The van der Waals surface area contributed by atoms with Gasteiger partial charge < -0.3 is 10.6 Å². The highest BCUT2D eigenvalue weighted by molar-refractivity contribution is 5.94. The third kappa shape index (κ3) is 5.38. The summed E-state index contributed by atoms with van der Waals surface area (Å²) in [4.78, 5) is 23.8. The number of nitrogens with one attached hydrogen (secondary N) is 2. The number of aryl methyl sites for hydroxylation is 1. The second-order valence-corrected chi connectivity index (χ2v) is 5.83. The molecule has 0 radical (unpaired) electrons. The molecule has 0 aliphatic rings. The molecule has 0 aromatic heterocycles. The van der Waals surface area contributed by atoms with Crippen LogP contribution in [0, 0.1) is 18.6 Å². The zero-order valence-corrected chi connectivity index (χ0v) is 14.1. The number of benzene rings is 2. The van der Waals surface area contributed by atoms with Crippen LogP contribution >= 0.6 is 0 Å². The standard InChI is InChI=1S/C19H20F2N2O2/c1-12-3-5-14(6-4-12)13(2)23-18(24)9-10-22-19(25)16-8-7-15(20)11-17(16)21/h3-8,11,13H,9-10H2,1-2H3,(H,22,25)(H,23,24). The van der Waals surface area contributed by atoms with Crippen LogP contribution in [-0.2, 0) is 4.79 Å². The quantitative estimate of drug-likeness (QED) is 0.843. The number of carbonyl (C=O) groups is 2. The second-order valence-electron chi connectivity index (χ2n) is 5.83. The lowest BCUT2D eigenvalue weighted by molar-refractivity contribution is -0.121. The van der Waals surface area contributed by atoms with Gasteiger partial charge in [-0.25, -0.2) is 8.78 Å². The summed E-state index contributed by atoms with van der Waals surface area (Å²) in [6.07, 6.45) is 0.0603. The molecule has 0 saturated heterocycles. The van der Waals surface area contributed by atoms with Crippen molar-refractivity contribution in [2.45, 2.75) is 26.3 Å². The van der Waals surface area contributed by atoms with Crippen molar-refractivity contribution >= 4 is 11.8 Å². The summed E-state index contributed by atoms with van der Waals surface area (Å²) in [7, 11) is 0. The fourth-order valence-corrected chi connectivity index (χ4v) is 2.31. The van der Waals surface area contributed by atoms with Gasteiger partial charge in [0, 0.05) is 19.0 Å². The van der Waals surface area contributed by atoms with Crippen LogP contribution in [0.25, 0.3) is 0 Å². The molecule has 2 N–H and O–H groups in total. The van der Waals surface area contributed by atoms with Gasteiger partial charge >= 0.3 is 0 Å². The first kappa shape index (κ1) is 18.6. The van der Waals surface area contributed by atoms with Crippen molar-refractivity contribution < 1.29 is 18.4 Å². The predicted molar refractivity (Wildman–Crippen MR) is 91.0 cm³/mol. The van der Waals surface area contributed by atoms with E-state index in [0.29, 0.717) is 6.07 Å². The SMILES string of the molecule is Cc1ccc(C(C)NC(=O)CCNC(=O)c2ccc(F)cc2F)cc1. The number of hydrogen-bond acceptors (Lipinski definition) is 2.